The predicted molar refractivity (Wildman–Crippen MR) is 141 cm³/mol. The van der Waals surface area contributed by atoms with Gasteiger partial charge in [-0.05, 0) is 122 Å². The van der Waals surface area contributed by atoms with Crippen LogP contribution in [0, 0.1) is 57.2 Å². The van der Waals surface area contributed by atoms with Gasteiger partial charge in [-0.2, -0.15) is 0 Å². The molecule has 0 bridgehead atoms. The molecule has 6 aliphatic rings. The van der Waals surface area contributed by atoms with Gasteiger partial charge in [-0.15, -0.1) is 0 Å². The maximum Gasteiger partial charge on any atom is 0.303 e. The fourth-order valence-corrected chi connectivity index (χ4v) is 12.7. The number of hydrogen-bond acceptors (Lipinski definition) is 4. The Balaban J connectivity index is 1.29. The normalized spacial score (nSPS) is 53.7. The predicted octanol–water partition coefficient (Wildman–Crippen LogP) is 6.78. The Hall–Kier alpha value is -0.610. The van der Waals surface area contributed by atoms with E-state index in [2.05, 4.69) is 34.6 Å². The number of rotatable bonds is 3. The summed E-state index contributed by atoms with van der Waals surface area (Å²) < 4.78 is 12.6. The van der Waals surface area contributed by atoms with Crippen LogP contribution in [0.15, 0.2) is 0 Å². The number of fused-ring (bicyclic) bond motifs is 4. The monoisotopic (exact) mass is 500 g/mol. The second-order valence-electron chi connectivity index (χ2n) is 15.9. The molecule has 2 spiro atoms. The van der Waals surface area contributed by atoms with E-state index in [1.165, 1.54) is 51.9 Å². The van der Waals surface area contributed by atoms with Crippen molar-refractivity contribution in [3.05, 3.63) is 0 Å². The Morgan fingerprint density at radius 1 is 1.00 bits per heavy atom. The van der Waals surface area contributed by atoms with Crippen LogP contribution in [0.2, 0.25) is 0 Å². The summed E-state index contributed by atoms with van der Waals surface area (Å²) in [6.45, 7) is 17.7. The first-order chi connectivity index (χ1) is 16.7. The van der Waals surface area contributed by atoms with Crippen LogP contribution in [0.3, 0.4) is 0 Å². The third-order valence-corrected chi connectivity index (χ3v) is 13.7. The standard InChI is InChI=1S/C32H52O4/c1-18-16-24(27(29(6,7)34)35-20(3)33)36-23-17-22-21-10-11-25-28(4,5)12-9-13-32(25)19(2)31(21,32)15-14-30(22,8)26(18)23/h18-19,21-27,34H,9-17H2,1-8H3. The van der Waals surface area contributed by atoms with Crippen LogP contribution in [0.1, 0.15) is 113 Å². The molecule has 12 atom stereocenters. The van der Waals surface area contributed by atoms with Gasteiger partial charge in [0.05, 0.1) is 17.8 Å². The van der Waals surface area contributed by atoms with Crippen LogP contribution in [0.4, 0.5) is 0 Å². The van der Waals surface area contributed by atoms with Crippen molar-refractivity contribution in [2.75, 3.05) is 0 Å². The molecule has 204 valence electrons. The van der Waals surface area contributed by atoms with Gasteiger partial charge in [0.2, 0.25) is 0 Å². The quantitative estimate of drug-likeness (QED) is 0.434. The summed E-state index contributed by atoms with van der Waals surface area (Å²) >= 11 is 0. The van der Waals surface area contributed by atoms with Gasteiger partial charge < -0.3 is 14.6 Å². The maximum atomic E-state index is 11.9. The Kier molecular flexibility index (Phi) is 5.51. The molecular formula is C32H52O4. The summed E-state index contributed by atoms with van der Waals surface area (Å²) in [7, 11) is 0. The van der Waals surface area contributed by atoms with Crippen molar-refractivity contribution in [3.8, 4) is 0 Å². The summed E-state index contributed by atoms with van der Waals surface area (Å²) in [6, 6.07) is 0. The lowest BCUT2D eigenvalue weighted by atomic mass is 9.46. The number of carbonyl (C=O) groups is 1. The van der Waals surface area contributed by atoms with Gasteiger partial charge in [-0.25, -0.2) is 0 Å². The third-order valence-electron chi connectivity index (χ3n) is 13.7. The van der Waals surface area contributed by atoms with E-state index >= 15 is 0 Å². The van der Waals surface area contributed by atoms with Crippen LogP contribution in [-0.4, -0.2) is 35.0 Å². The maximum absolute atomic E-state index is 11.9. The van der Waals surface area contributed by atoms with Crippen LogP contribution in [0.5, 0.6) is 0 Å². The van der Waals surface area contributed by atoms with E-state index in [0.29, 0.717) is 33.5 Å². The molecule has 4 nitrogen and oxygen atoms in total. The first kappa shape index (κ1) is 25.7. The molecule has 5 aliphatic carbocycles. The summed E-state index contributed by atoms with van der Waals surface area (Å²) in [6.07, 6.45) is 11.3. The summed E-state index contributed by atoms with van der Waals surface area (Å²) in [5.41, 5.74) is 0.894. The zero-order chi connectivity index (χ0) is 26.1. The largest absolute Gasteiger partial charge is 0.457 e. The minimum Gasteiger partial charge on any atom is -0.457 e. The van der Waals surface area contributed by atoms with Crippen molar-refractivity contribution in [1.29, 1.82) is 0 Å². The molecule has 6 rings (SSSR count). The zero-order valence-corrected chi connectivity index (χ0v) is 24.2. The van der Waals surface area contributed by atoms with E-state index < -0.39 is 11.7 Å². The van der Waals surface area contributed by atoms with Gasteiger partial charge >= 0.3 is 5.97 Å². The molecular weight excluding hydrogens is 448 g/mol. The fraction of sp³-hybridized carbons (Fsp3) is 0.969. The highest BCUT2D eigenvalue weighted by atomic mass is 16.6. The first-order valence-corrected chi connectivity index (χ1v) is 15.3. The SMILES string of the molecule is CC(=O)OC(C1CC(C)C2C(CC3C4CCC5C(C)(C)CCCC56C(C)C46CCC32C)O1)C(C)(C)O. The molecule has 1 saturated heterocycles. The molecule has 1 heterocycles. The van der Waals surface area contributed by atoms with Gasteiger partial charge in [0.25, 0.3) is 0 Å². The Labute approximate surface area is 219 Å². The number of hydrogen-bond donors (Lipinski definition) is 1. The van der Waals surface area contributed by atoms with Crippen molar-refractivity contribution < 1.29 is 19.4 Å². The summed E-state index contributed by atoms with van der Waals surface area (Å²) in [4.78, 5) is 11.9. The molecule has 0 radical (unpaired) electrons. The number of aliphatic hydroxyl groups is 1. The van der Waals surface area contributed by atoms with Crippen molar-refractivity contribution in [1.82, 2.24) is 0 Å². The highest BCUT2D eigenvalue weighted by molar-refractivity contribution is 5.66. The van der Waals surface area contributed by atoms with Crippen LogP contribution >= 0.6 is 0 Å². The topological polar surface area (TPSA) is 55.8 Å². The highest BCUT2D eigenvalue weighted by Gasteiger charge is 2.84. The van der Waals surface area contributed by atoms with E-state index in [9.17, 15) is 9.90 Å². The highest BCUT2D eigenvalue weighted by Crippen LogP contribution is 2.89. The molecule has 6 fully saturated rings. The number of esters is 1. The van der Waals surface area contributed by atoms with Crippen LogP contribution in [0.25, 0.3) is 0 Å². The lowest BCUT2D eigenvalue weighted by Crippen LogP contribution is -2.55. The van der Waals surface area contributed by atoms with Gasteiger partial charge in [0, 0.05) is 6.92 Å². The smallest absolute Gasteiger partial charge is 0.303 e. The zero-order valence-electron chi connectivity index (χ0n) is 24.2. The molecule has 0 amide bonds. The molecule has 36 heavy (non-hydrogen) atoms. The average Bonchev–Trinajstić information content (AvgIpc) is 3.11. The van der Waals surface area contributed by atoms with Crippen LogP contribution in [-0.2, 0) is 14.3 Å². The molecule has 1 aliphatic heterocycles. The first-order valence-electron chi connectivity index (χ1n) is 15.3. The molecule has 4 heteroatoms. The van der Waals surface area contributed by atoms with Gasteiger partial charge in [-0.3, -0.25) is 4.79 Å². The summed E-state index contributed by atoms with van der Waals surface area (Å²) in [5, 5.41) is 10.9. The average molecular weight is 501 g/mol. The minimum absolute atomic E-state index is 0.217. The van der Waals surface area contributed by atoms with Crippen LogP contribution < -0.4 is 0 Å². The van der Waals surface area contributed by atoms with Gasteiger partial charge in [0.1, 0.15) is 0 Å². The number of ether oxygens (including phenoxy) is 2. The molecule has 0 aromatic heterocycles. The van der Waals surface area contributed by atoms with Gasteiger partial charge in [-0.1, -0.05) is 41.0 Å². The third kappa shape index (κ3) is 3.09. The molecule has 12 unspecified atom stereocenters. The Morgan fingerprint density at radius 2 is 1.72 bits per heavy atom. The van der Waals surface area contributed by atoms with Gasteiger partial charge in [0.15, 0.2) is 6.10 Å². The second kappa shape index (κ2) is 7.74. The van der Waals surface area contributed by atoms with E-state index in [4.69, 9.17) is 9.47 Å². The fourth-order valence-electron chi connectivity index (χ4n) is 12.7. The van der Waals surface area contributed by atoms with E-state index in [1.54, 1.807) is 13.8 Å². The second-order valence-corrected chi connectivity index (χ2v) is 15.9. The molecule has 1 N–H and O–H groups in total. The summed E-state index contributed by atoms with van der Waals surface area (Å²) in [5.74, 6) is 4.11. The van der Waals surface area contributed by atoms with Crippen molar-refractivity contribution >= 4 is 5.97 Å². The lowest BCUT2D eigenvalue weighted by molar-refractivity contribution is -0.208. The minimum atomic E-state index is -1.12. The molecule has 5 saturated carbocycles. The van der Waals surface area contributed by atoms with Crippen molar-refractivity contribution in [3.63, 3.8) is 0 Å². The van der Waals surface area contributed by atoms with E-state index in [0.717, 1.165) is 36.5 Å². The molecule has 0 aromatic carbocycles. The van der Waals surface area contributed by atoms with E-state index in [-0.39, 0.29) is 18.2 Å². The van der Waals surface area contributed by atoms with E-state index in [1.807, 2.05) is 0 Å². The Bertz CT molecular complexity index is 920. The lowest BCUT2D eigenvalue weighted by Gasteiger charge is -2.58. The van der Waals surface area contributed by atoms with Crippen molar-refractivity contribution in [2.24, 2.45) is 57.2 Å². The van der Waals surface area contributed by atoms with Crippen molar-refractivity contribution in [2.45, 2.75) is 137 Å². The molecule has 0 aromatic rings. The Morgan fingerprint density at radius 3 is 2.39 bits per heavy atom. The number of carbonyl (C=O) groups excluding carboxylic acids is 1.